The Morgan fingerprint density at radius 1 is 0.882 bits per heavy atom. The number of methoxy groups -OCH3 is 2. The molecule has 0 aliphatic heterocycles. The molecule has 1 amide bonds. The average molecular weight is 483 g/mol. The van der Waals surface area contributed by atoms with Crippen molar-refractivity contribution in [3.05, 3.63) is 83.4 Å². The van der Waals surface area contributed by atoms with Gasteiger partial charge in [-0.1, -0.05) is 36.4 Å². The molecule has 3 aromatic carbocycles. The zero-order valence-electron chi connectivity index (χ0n) is 20.1. The van der Waals surface area contributed by atoms with Crippen LogP contribution in [0.1, 0.15) is 16.7 Å². The van der Waals surface area contributed by atoms with Crippen molar-refractivity contribution in [1.29, 1.82) is 0 Å². The van der Waals surface area contributed by atoms with Crippen molar-refractivity contribution in [3.63, 3.8) is 0 Å². The van der Waals surface area contributed by atoms with Crippen LogP contribution in [0.25, 0.3) is 0 Å². The van der Waals surface area contributed by atoms with E-state index in [2.05, 4.69) is 0 Å². The van der Waals surface area contributed by atoms with Gasteiger partial charge < -0.3 is 14.4 Å². The standard InChI is InChI=1S/C26H30N2O5S/c1-19-10-9-13-23(20(19)2)28(34(30,31)22-11-7-6-8-12-22)18-26(29)27(3)17-21-14-15-24(32-4)25(16-21)33-5/h6-16H,17-18H2,1-5H3. The van der Waals surface area contributed by atoms with Crippen LogP contribution < -0.4 is 13.8 Å². The van der Waals surface area contributed by atoms with Crippen LogP contribution in [0.15, 0.2) is 71.6 Å². The number of nitrogens with zero attached hydrogens (tertiary/aromatic N) is 2. The Morgan fingerprint density at radius 2 is 1.56 bits per heavy atom. The minimum absolute atomic E-state index is 0.131. The summed E-state index contributed by atoms with van der Waals surface area (Å²) in [6.07, 6.45) is 0. The van der Waals surface area contributed by atoms with E-state index >= 15 is 0 Å². The molecule has 0 spiro atoms. The van der Waals surface area contributed by atoms with Gasteiger partial charge in [-0.2, -0.15) is 0 Å². The van der Waals surface area contributed by atoms with E-state index in [1.54, 1.807) is 63.7 Å². The topological polar surface area (TPSA) is 76.2 Å². The second-order valence-electron chi connectivity index (χ2n) is 7.98. The molecule has 0 aromatic heterocycles. The van der Waals surface area contributed by atoms with Crippen molar-refractivity contribution in [3.8, 4) is 11.5 Å². The fourth-order valence-electron chi connectivity index (χ4n) is 3.61. The van der Waals surface area contributed by atoms with Crippen molar-refractivity contribution < 1.29 is 22.7 Å². The predicted molar refractivity (Wildman–Crippen MR) is 133 cm³/mol. The Bertz CT molecular complexity index is 1260. The summed E-state index contributed by atoms with van der Waals surface area (Å²) in [5.74, 6) is 0.815. The van der Waals surface area contributed by atoms with Gasteiger partial charge in [0, 0.05) is 13.6 Å². The summed E-state index contributed by atoms with van der Waals surface area (Å²) in [7, 11) is 0.789. The number of carbonyl (C=O) groups is 1. The van der Waals surface area contributed by atoms with Gasteiger partial charge in [-0.15, -0.1) is 0 Å². The molecule has 0 fully saturated rings. The van der Waals surface area contributed by atoms with Gasteiger partial charge in [0.15, 0.2) is 11.5 Å². The van der Waals surface area contributed by atoms with Crippen molar-refractivity contribution in [2.24, 2.45) is 0 Å². The number of hydrogen-bond donors (Lipinski definition) is 0. The molecule has 0 heterocycles. The van der Waals surface area contributed by atoms with E-state index in [9.17, 15) is 13.2 Å². The molecule has 8 heteroatoms. The van der Waals surface area contributed by atoms with Crippen LogP contribution in [0.4, 0.5) is 5.69 Å². The lowest BCUT2D eigenvalue weighted by Crippen LogP contribution is -2.41. The zero-order valence-corrected chi connectivity index (χ0v) is 20.9. The smallest absolute Gasteiger partial charge is 0.264 e. The molecule has 0 aliphatic carbocycles. The summed E-state index contributed by atoms with van der Waals surface area (Å²) < 4.78 is 39.0. The van der Waals surface area contributed by atoms with Gasteiger partial charge in [-0.25, -0.2) is 8.42 Å². The van der Waals surface area contributed by atoms with Crippen molar-refractivity contribution in [2.45, 2.75) is 25.3 Å². The zero-order chi connectivity index (χ0) is 24.9. The molecule has 34 heavy (non-hydrogen) atoms. The van der Waals surface area contributed by atoms with Gasteiger partial charge in [0.1, 0.15) is 6.54 Å². The number of benzene rings is 3. The number of ether oxygens (including phenoxy) is 2. The second-order valence-corrected chi connectivity index (χ2v) is 9.85. The van der Waals surface area contributed by atoms with Gasteiger partial charge in [0.2, 0.25) is 5.91 Å². The summed E-state index contributed by atoms with van der Waals surface area (Å²) in [5.41, 5.74) is 3.06. The van der Waals surface area contributed by atoms with Crippen LogP contribution in [0.2, 0.25) is 0 Å². The number of anilines is 1. The van der Waals surface area contributed by atoms with Crippen LogP contribution in [-0.4, -0.2) is 47.0 Å². The van der Waals surface area contributed by atoms with Gasteiger partial charge in [0.25, 0.3) is 10.0 Å². The highest BCUT2D eigenvalue weighted by Gasteiger charge is 2.29. The summed E-state index contributed by atoms with van der Waals surface area (Å²) in [6, 6.07) is 19.0. The molecular formula is C26H30N2O5S. The predicted octanol–water partition coefficient (Wildman–Crippen LogP) is 4.17. The Hall–Kier alpha value is -3.52. The Labute approximate surface area is 201 Å². The molecule has 7 nitrogen and oxygen atoms in total. The fourth-order valence-corrected chi connectivity index (χ4v) is 5.10. The molecule has 0 N–H and O–H groups in total. The number of amides is 1. The number of likely N-dealkylation sites (N-methyl/N-ethyl adjacent to an activating group) is 1. The first-order valence-electron chi connectivity index (χ1n) is 10.8. The average Bonchev–Trinajstić information content (AvgIpc) is 2.84. The maximum atomic E-state index is 13.6. The fraction of sp³-hybridized carbons (Fsp3) is 0.269. The second kappa shape index (κ2) is 10.6. The lowest BCUT2D eigenvalue weighted by molar-refractivity contribution is -0.128. The van der Waals surface area contributed by atoms with Crippen LogP contribution in [0.5, 0.6) is 11.5 Å². The molecular weight excluding hydrogens is 452 g/mol. The molecule has 0 saturated carbocycles. The molecule has 3 rings (SSSR count). The Morgan fingerprint density at radius 3 is 2.21 bits per heavy atom. The van der Waals surface area contributed by atoms with Crippen LogP contribution in [0.3, 0.4) is 0 Å². The number of aryl methyl sites for hydroxylation is 1. The van der Waals surface area contributed by atoms with Crippen LogP contribution in [-0.2, 0) is 21.4 Å². The maximum Gasteiger partial charge on any atom is 0.264 e. The van der Waals surface area contributed by atoms with E-state index in [4.69, 9.17) is 9.47 Å². The number of sulfonamides is 1. The van der Waals surface area contributed by atoms with E-state index < -0.39 is 10.0 Å². The van der Waals surface area contributed by atoms with Gasteiger partial charge in [0.05, 0.1) is 24.8 Å². The largest absolute Gasteiger partial charge is 0.493 e. The van der Waals surface area contributed by atoms with E-state index in [1.807, 2.05) is 26.0 Å². The molecule has 0 atom stereocenters. The lowest BCUT2D eigenvalue weighted by atomic mass is 10.1. The van der Waals surface area contributed by atoms with Crippen LogP contribution in [0, 0.1) is 13.8 Å². The number of carbonyl (C=O) groups excluding carboxylic acids is 1. The maximum absolute atomic E-state index is 13.6. The molecule has 0 radical (unpaired) electrons. The monoisotopic (exact) mass is 482 g/mol. The van der Waals surface area contributed by atoms with Crippen molar-refractivity contribution in [1.82, 2.24) is 4.90 Å². The summed E-state index contributed by atoms with van der Waals surface area (Å²) in [5, 5.41) is 0. The van der Waals surface area contributed by atoms with E-state index in [1.165, 1.54) is 21.3 Å². The highest BCUT2D eigenvalue weighted by molar-refractivity contribution is 7.92. The first-order chi connectivity index (χ1) is 16.2. The third-order valence-corrected chi connectivity index (χ3v) is 7.52. The van der Waals surface area contributed by atoms with E-state index in [0.717, 1.165) is 16.7 Å². The summed E-state index contributed by atoms with van der Waals surface area (Å²) >= 11 is 0. The molecule has 3 aromatic rings. The minimum Gasteiger partial charge on any atom is -0.493 e. The van der Waals surface area contributed by atoms with Crippen LogP contribution >= 0.6 is 0 Å². The summed E-state index contributed by atoms with van der Waals surface area (Å²) in [4.78, 5) is 14.9. The highest BCUT2D eigenvalue weighted by atomic mass is 32.2. The molecule has 0 bridgehead atoms. The van der Waals surface area contributed by atoms with E-state index in [-0.39, 0.29) is 23.9 Å². The third kappa shape index (κ3) is 5.34. The molecule has 0 aliphatic rings. The minimum atomic E-state index is -3.97. The summed E-state index contributed by atoms with van der Waals surface area (Å²) in [6.45, 7) is 3.73. The van der Waals surface area contributed by atoms with Gasteiger partial charge >= 0.3 is 0 Å². The van der Waals surface area contributed by atoms with Crippen molar-refractivity contribution in [2.75, 3.05) is 32.1 Å². The molecule has 0 saturated heterocycles. The van der Waals surface area contributed by atoms with Gasteiger partial charge in [-0.3, -0.25) is 9.10 Å². The first-order valence-corrected chi connectivity index (χ1v) is 12.2. The van der Waals surface area contributed by atoms with Gasteiger partial charge in [-0.05, 0) is 60.9 Å². The highest BCUT2D eigenvalue weighted by Crippen LogP contribution is 2.30. The quantitative estimate of drug-likeness (QED) is 0.458. The SMILES string of the molecule is COc1ccc(CN(C)C(=O)CN(c2cccc(C)c2C)S(=O)(=O)c2ccccc2)cc1OC. The molecule has 0 unspecified atom stereocenters. The third-order valence-electron chi connectivity index (χ3n) is 5.75. The normalized spacial score (nSPS) is 11.1. The van der Waals surface area contributed by atoms with E-state index in [0.29, 0.717) is 17.2 Å². The molecule has 180 valence electrons. The number of hydrogen-bond acceptors (Lipinski definition) is 5. The Kier molecular flexibility index (Phi) is 7.83. The Balaban J connectivity index is 1.92. The number of rotatable bonds is 9. The lowest BCUT2D eigenvalue weighted by Gasteiger charge is -2.28. The van der Waals surface area contributed by atoms with Crippen molar-refractivity contribution >= 4 is 21.6 Å². The first kappa shape index (κ1) is 25.1.